The summed E-state index contributed by atoms with van der Waals surface area (Å²) in [6, 6.07) is 7.90. The van der Waals surface area contributed by atoms with E-state index in [-0.39, 0.29) is 24.5 Å². The van der Waals surface area contributed by atoms with Gasteiger partial charge in [0, 0.05) is 31.1 Å². The van der Waals surface area contributed by atoms with Gasteiger partial charge >= 0.3 is 0 Å². The normalized spacial score (nSPS) is 19.6. The summed E-state index contributed by atoms with van der Waals surface area (Å²) in [5.74, 6) is 0.726. The summed E-state index contributed by atoms with van der Waals surface area (Å²) < 4.78 is 5.41. The third-order valence-electron chi connectivity index (χ3n) is 4.13. The highest BCUT2D eigenvalue weighted by Gasteiger charge is 2.32. The maximum Gasteiger partial charge on any atom is 0.223 e. The molecule has 116 valence electrons. The first-order chi connectivity index (χ1) is 10.2. The number of benzene rings is 1. The molecule has 1 fully saturated rings. The molecule has 1 amide bonds. The Bertz CT molecular complexity index is 474. The molecule has 1 heterocycles. The zero-order valence-electron chi connectivity index (χ0n) is 12.5. The molecule has 1 aromatic carbocycles. The van der Waals surface area contributed by atoms with Crippen LogP contribution in [0.1, 0.15) is 30.9 Å². The SMILES string of the molecule is COc1ccccc1[C@H]1CCCN1C(=O)C[C@H](CN)CO. The summed E-state index contributed by atoms with van der Waals surface area (Å²) in [6.07, 6.45) is 2.23. The maximum absolute atomic E-state index is 12.5. The van der Waals surface area contributed by atoms with Gasteiger partial charge in [0.2, 0.25) is 5.91 Å². The van der Waals surface area contributed by atoms with E-state index in [1.165, 1.54) is 0 Å². The fourth-order valence-corrected chi connectivity index (χ4v) is 2.92. The predicted octanol–water partition coefficient (Wildman–Crippen LogP) is 1.32. The van der Waals surface area contributed by atoms with E-state index in [1.54, 1.807) is 7.11 Å². The fraction of sp³-hybridized carbons (Fsp3) is 0.562. The number of hydrogen-bond acceptors (Lipinski definition) is 4. The third-order valence-corrected chi connectivity index (χ3v) is 4.13. The van der Waals surface area contributed by atoms with Gasteiger partial charge in [0.15, 0.2) is 0 Å². The summed E-state index contributed by atoms with van der Waals surface area (Å²) in [6.45, 7) is 1.04. The first-order valence-electron chi connectivity index (χ1n) is 7.44. The fourth-order valence-electron chi connectivity index (χ4n) is 2.92. The van der Waals surface area contributed by atoms with Crippen molar-refractivity contribution in [1.82, 2.24) is 4.90 Å². The zero-order chi connectivity index (χ0) is 15.2. The molecule has 0 radical (unpaired) electrons. The Morgan fingerprint density at radius 3 is 2.95 bits per heavy atom. The molecule has 0 aromatic heterocycles. The molecule has 1 aromatic rings. The molecule has 0 bridgehead atoms. The number of para-hydroxylation sites is 1. The van der Waals surface area contributed by atoms with Crippen molar-refractivity contribution in [3.63, 3.8) is 0 Å². The van der Waals surface area contributed by atoms with Crippen LogP contribution in [0.4, 0.5) is 0 Å². The standard InChI is InChI=1S/C16H24N2O3/c1-21-15-7-3-2-5-13(15)14-6-4-8-18(14)16(20)9-12(10-17)11-19/h2-3,5,7,12,14,19H,4,6,8-11,17H2,1H3/t12-,14-/m1/s1. The molecule has 5 heteroatoms. The Labute approximate surface area is 125 Å². The summed E-state index contributed by atoms with van der Waals surface area (Å²) in [7, 11) is 1.65. The van der Waals surface area contributed by atoms with Crippen molar-refractivity contribution in [2.24, 2.45) is 11.7 Å². The second-order valence-corrected chi connectivity index (χ2v) is 5.48. The Balaban J connectivity index is 2.14. The topological polar surface area (TPSA) is 75.8 Å². The van der Waals surface area contributed by atoms with Crippen molar-refractivity contribution in [3.8, 4) is 5.75 Å². The average Bonchev–Trinajstić information content (AvgIpc) is 3.01. The highest BCUT2D eigenvalue weighted by molar-refractivity contribution is 5.77. The Morgan fingerprint density at radius 2 is 2.29 bits per heavy atom. The molecule has 21 heavy (non-hydrogen) atoms. The van der Waals surface area contributed by atoms with E-state index in [9.17, 15) is 9.90 Å². The Kier molecular flexibility index (Phi) is 5.59. The number of amides is 1. The van der Waals surface area contributed by atoms with Crippen molar-refractivity contribution in [1.29, 1.82) is 0 Å². The van der Waals surface area contributed by atoms with Crippen LogP contribution < -0.4 is 10.5 Å². The van der Waals surface area contributed by atoms with Crippen LogP contribution in [0.3, 0.4) is 0 Å². The van der Waals surface area contributed by atoms with E-state index in [0.717, 1.165) is 30.7 Å². The second-order valence-electron chi connectivity index (χ2n) is 5.48. The van der Waals surface area contributed by atoms with Crippen molar-refractivity contribution in [3.05, 3.63) is 29.8 Å². The van der Waals surface area contributed by atoms with E-state index in [2.05, 4.69) is 0 Å². The lowest BCUT2D eigenvalue weighted by Gasteiger charge is -2.27. The van der Waals surface area contributed by atoms with Gasteiger partial charge in [-0.05, 0) is 25.5 Å². The molecular weight excluding hydrogens is 268 g/mol. The van der Waals surface area contributed by atoms with Crippen LogP contribution in [0.25, 0.3) is 0 Å². The van der Waals surface area contributed by atoms with Gasteiger partial charge in [-0.2, -0.15) is 0 Å². The third kappa shape index (κ3) is 3.54. The molecule has 1 aliphatic heterocycles. The molecule has 0 spiro atoms. The lowest BCUT2D eigenvalue weighted by Crippen LogP contribution is -2.34. The molecule has 5 nitrogen and oxygen atoms in total. The van der Waals surface area contributed by atoms with Gasteiger partial charge in [0.1, 0.15) is 5.75 Å². The summed E-state index contributed by atoms with van der Waals surface area (Å²) in [4.78, 5) is 14.4. The number of nitrogens with zero attached hydrogens (tertiary/aromatic N) is 1. The number of rotatable bonds is 6. The Hall–Kier alpha value is -1.59. The van der Waals surface area contributed by atoms with Crippen LogP contribution in [0.5, 0.6) is 5.75 Å². The van der Waals surface area contributed by atoms with E-state index < -0.39 is 0 Å². The minimum Gasteiger partial charge on any atom is -0.496 e. The first-order valence-corrected chi connectivity index (χ1v) is 7.44. The summed E-state index contributed by atoms with van der Waals surface area (Å²) >= 11 is 0. The minimum absolute atomic E-state index is 0.0462. The van der Waals surface area contributed by atoms with Crippen LogP contribution in [-0.2, 0) is 4.79 Å². The molecule has 0 aliphatic carbocycles. The Morgan fingerprint density at radius 1 is 1.52 bits per heavy atom. The molecule has 2 atom stereocenters. The number of carbonyl (C=O) groups excluding carboxylic acids is 1. The van der Waals surface area contributed by atoms with Gasteiger partial charge in [0.25, 0.3) is 0 Å². The van der Waals surface area contributed by atoms with Crippen LogP contribution in [-0.4, -0.2) is 42.7 Å². The molecule has 1 aliphatic rings. The smallest absolute Gasteiger partial charge is 0.223 e. The molecule has 0 unspecified atom stereocenters. The number of hydrogen-bond donors (Lipinski definition) is 2. The number of methoxy groups -OCH3 is 1. The summed E-state index contributed by atoms with van der Waals surface area (Å²) in [5, 5.41) is 9.21. The quantitative estimate of drug-likeness (QED) is 0.829. The van der Waals surface area contributed by atoms with Crippen LogP contribution in [0.2, 0.25) is 0 Å². The molecule has 3 N–H and O–H groups in total. The highest BCUT2D eigenvalue weighted by atomic mass is 16.5. The lowest BCUT2D eigenvalue weighted by atomic mass is 10.0. The van der Waals surface area contributed by atoms with E-state index >= 15 is 0 Å². The number of aliphatic hydroxyl groups is 1. The second kappa shape index (κ2) is 7.43. The van der Waals surface area contributed by atoms with E-state index in [4.69, 9.17) is 10.5 Å². The van der Waals surface area contributed by atoms with Crippen molar-refractivity contribution in [2.45, 2.75) is 25.3 Å². The minimum atomic E-state index is -0.156. The van der Waals surface area contributed by atoms with Gasteiger partial charge in [-0.25, -0.2) is 0 Å². The average molecular weight is 292 g/mol. The van der Waals surface area contributed by atoms with E-state index in [0.29, 0.717) is 13.0 Å². The molecule has 1 saturated heterocycles. The van der Waals surface area contributed by atoms with Gasteiger partial charge < -0.3 is 20.5 Å². The monoisotopic (exact) mass is 292 g/mol. The van der Waals surface area contributed by atoms with Gasteiger partial charge in [-0.15, -0.1) is 0 Å². The van der Waals surface area contributed by atoms with Crippen LogP contribution in [0.15, 0.2) is 24.3 Å². The van der Waals surface area contributed by atoms with Gasteiger partial charge in [0.05, 0.1) is 13.2 Å². The first kappa shape index (κ1) is 15.8. The zero-order valence-corrected chi connectivity index (χ0v) is 12.5. The predicted molar refractivity (Wildman–Crippen MR) is 80.9 cm³/mol. The number of carbonyl (C=O) groups is 1. The van der Waals surface area contributed by atoms with Crippen molar-refractivity contribution in [2.75, 3.05) is 26.8 Å². The number of ether oxygens (including phenoxy) is 1. The molecule has 0 saturated carbocycles. The van der Waals surface area contributed by atoms with Crippen molar-refractivity contribution >= 4 is 5.91 Å². The molecular formula is C16H24N2O3. The number of aliphatic hydroxyl groups excluding tert-OH is 1. The highest BCUT2D eigenvalue weighted by Crippen LogP contribution is 2.37. The van der Waals surface area contributed by atoms with Crippen molar-refractivity contribution < 1.29 is 14.6 Å². The van der Waals surface area contributed by atoms with Gasteiger partial charge in [-0.1, -0.05) is 18.2 Å². The number of likely N-dealkylation sites (tertiary alicyclic amines) is 1. The van der Waals surface area contributed by atoms with Crippen LogP contribution in [0, 0.1) is 5.92 Å². The van der Waals surface area contributed by atoms with Gasteiger partial charge in [-0.3, -0.25) is 4.79 Å². The van der Waals surface area contributed by atoms with E-state index in [1.807, 2.05) is 29.2 Å². The lowest BCUT2D eigenvalue weighted by molar-refractivity contribution is -0.133. The summed E-state index contributed by atoms with van der Waals surface area (Å²) in [5.41, 5.74) is 6.63. The number of nitrogens with two attached hydrogens (primary N) is 1. The molecule has 2 rings (SSSR count). The maximum atomic E-state index is 12.5. The largest absolute Gasteiger partial charge is 0.496 e. The van der Waals surface area contributed by atoms with Crippen LogP contribution >= 0.6 is 0 Å².